The molecular weight excluding hydrogens is 354 g/mol. The Balaban J connectivity index is 1.27. The summed E-state index contributed by atoms with van der Waals surface area (Å²) in [6, 6.07) is 13.0. The number of fused-ring (bicyclic) bond motifs is 2. The van der Waals surface area contributed by atoms with E-state index in [1.54, 1.807) is 0 Å². The number of nitrogens with zero attached hydrogens (tertiary/aromatic N) is 1. The standard InChI is InChI=1S/C22H21N3O3/c26-20-18-14-8-9-15(11-10-14)19(18)21(27)25(20)12-23-22(28)24-17-7-3-5-13-4-1-2-6-16(13)17/h1-9,14-15,18-19H,10-12H2,(H2,23,24,28)/t14-,15-,18+,19+/m0/s1. The lowest BCUT2D eigenvalue weighted by Gasteiger charge is -2.38. The average Bonchev–Trinajstić information content (AvgIpc) is 3.00. The van der Waals surface area contributed by atoms with Crippen LogP contribution in [0.1, 0.15) is 12.8 Å². The number of carbonyl (C=O) groups is 3. The zero-order valence-corrected chi connectivity index (χ0v) is 15.3. The van der Waals surface area contributed by atoms with Crippen molar-refractivity contribution in [2.75, 3.05) is 12.0 Å². The molecule has 6 rings (SSSR count). The molecule has 6 heteroatoms. The molecule has 0 radical (unpaired) electrons. The summed E-state index contributed by atoms with van der Waals surface area (Å²) < 4.78 is 0. The minimum Gasteiger partial charge on any atom is -0.320 e. The van der Waals surface area contributed by atoms with Gasteiger partial charge in [0.15, 0.2) is 0 Å². The second-order valence-corrected chi connectivity index (χ2v) is 7.76. The first-order valence-electron chi connectivity index (χ1n) is 9.69. The third kappa shape index (κ3) is 2.59. The summed E-state index contributed by atoms with van der Waals surface area (Å²) in [5, 5.41) is 7.45. The Kier molecular flexibility index (Phi) is 3.93. The number of urea groups is 1. The Hall–Kier alpha value is -3.15. The zero-order chi connectivity index (χ0) is 19.3. The van der Waals surface area contributed by atoms with Gasteiger partial charge in [-0.25, -0.2) is 4.79 Å². The molecule has 2 bridgehead atoms. The number of amides is 4. The van der Waals surface area contributed by atoms with E-state index in [2.05, 4.69) is 22.8 Å². The van der Waals surface area contributed by atoms with Crippen LogP contribution >= 0.6 is 0 Å². The number of rotatable bonds is 3. The van der Waals surface area contributed by atoms with Gasteiger partial charge in [0.1, 0.15) is 6.67 Å². The molecule has 2 N–H and O–H groups in total. The van der Waals surface area contributed by atoms with Gasteiger partial charge in [0.2, 0.25) is 11.8 Å². The third-order valence-corrected chi connectivity index (χ3v) is 6.29. The molecule has 1 saturated heterocycles. The monoisotopic (exact) mass is 375 g/mol. The van der Waals surface area contributed by atoms with Crippen molar-refractivity contribution in [2.45, 2.75) is 12.8 Å². The van der Waals surface area contributed by atoms with E-state index in [4.69, 9.17) is 0 Å². The van der Waals surface area contributed by atoms with Crippen LogP contribution in [0, 0.1) is 23.7 Å². The Morgan fingerprint density at radius 2 is 1.57 bits per heavy atom. The Bertz CT molecular complexity index is 978. The number of carbonyl (C=O) groups excluding carboxylic acids is 3. The molecule has 0 spiro atoms. The van der Waals surface area contributed by atoms with Crippen molar-refractivity contribution >= 4 is 34.3 Å². The fourth-order valence-corrected chi connectivity index (χ4v) is 4.94. The summed E-state index contributed by atoms with van der Waals surface area (Å²) in [5.74, 6) is -0.501. The maximum absolute atomic E-state index is 12.8. The highest BCUT2D eigenvalue weighted by atomic mass is 16.2. The zero-order valence-electron chi connectivity index (χ0n) is 15.3. The van der Waals surface area contributed by atoms with E-state index in [0.29, 0.717) is 5.69 Å². The van der Waals surface area contributed by atoms with Crippen molar-refractivity contribution in [3.05, 3.63) is 54.6 Å². The van der Waals surface area contributed by atoms with Crippen LogP contribution in [0.2, 0.25) is 0 Å². The van der Waals surface area contributed by atoms with Crippen LogP contribution in [0.25, 0.3) is 10.8 Å². The summed E-state index contributed by atoms with van der Waals surface area (Å²) in [6.07, 6.45) is 6.10. The van der Waals surface area contributed by atoms with Gasteiger partial charge in [0, 0.05) is 5.39 Å². The Morgan fingerprint density at radius 1 is 0.929 bits per heavy atom. The van der Waals surface area contributed by atoms with E-state index < -0.39 is 6.03 Å². The number of hydrogen-bond donors (Lipinski definition) is 2. The lowest BCUT2D eigenvalue weighted by molar-refractivity contribution is -0.140. The molecule has 4 atom stereocenters. The van der Waals surface area contributed by atoms with E-state index in [0.717, 1.165) is 23.6 Å². The van der Waals surface area contributed by atoms with Crippen molar-refractivity contribution < 1.29 is 14.4 Å². The summed E-state index contributed by atoms with van der Waals surface area (Å²) in [6.45, 7) is -0.0965. The fraction of sp³-hybridized carbons (Fsp3) is 0.318. The normalized spacial score (nSPS) is 27.9. The molecule has 2 aromatic carbocycles. The number of anilines is 1. The van der Waals surface area contributed by atoms with Crippen LogP contribution in [0.5, 0.6) is 0 Å². The van der Waals surface area contributed by atoms with Gasteiger partial charge in [-0.15, -0.1) is 0 Å². The van der Waals surface area contributed by atoms with Crippen LogP contribution in [0.3, 0.4) is 0 Å². The number of benzene rings is 2. The predicted molar refractivity (Wildman–Crippen MR) is 105 cm³/mol. The Morgan fingerprint density at radius 3 is 2.25 bits per heavy atom. The molecule has 2 aromatic rings. The van der Waals surface area contributed by atoms with Gasteiger partial charge >= 0.3 is 6.03 Å². The molecule has 4 amide bonds. The molecular formula is C22H21N3O3. The minimum atomic E-state index is -0.437. The molecule has 1 heterocycles. The fourth-order valence-electron chi connectivity index (χ4n) is 4.94. The average molecular weight is 375 g/mol. The van der Waals surface area contributed by atoms with Crippen molar-refractivity contribution in [3.8, 4) is 0 Å². The molecule has 1 aliphatic heterocycles. The summed E-state index contributed by atoms with van der Waals surface area (Å²) in [4.78, 5) is 39.2. The number of likely N-dealkylation sites (tertiary alicyclic amines) is 1. The van der Waals surface area contributed by atoms with Gasteiger partial charge in [-0.1, -0.05) is 48.6 Å². The number of hydrogen-bond acceptors (Lipinski definition) is 3. The Labute approximate surface area is 162 Å². The van der Waals surface area contributed by atoms with E-state index in [1.807, 2.05) is 42.5 Å². The minimum absolute atomic E-state index is 0.0965. The van der Waals surface area contributed by atoms with E-state index in [-0.39, 0.29) is 42.2 Å². The second kappa shape index (κ2) is 6.48. The summed E-state index contributed by atoms with van der Waals surface area (Å²) in [7, 11) is 0. The SMILES string of the molecule is O=C(NCN1C(=O)[C@H]2[C@H](C1=O)[C@H]1C=C[C@H]2CC1)Nc1cccc2ccccc12. The number of allylic oxidation sites excluding steroid dienone is 2. The molecule has 1 saturated carbocycles. The molecule has 142 valence electrons. The molecule has 2 fully saturated rings. The van der Waals surface area contributed by atoms with E-state index in [1.165, 1.54) is 4.90 Å². The van der Waals surface area contributed by atoms with Crippen LogP contribution in [0.15, 0.2) is 54.6 Å². The smallest absolute Gasteiger partial charge is 0.320 e. The number of nitrogens with one attached hydrogen (secondary N) is 2. The van der Waals surface area contributed by atoms with Crippen molar-refractivity contribution in [2.24, 2.45) is 23.7 Å². The molecule has 28 heavy (non-hydrogen) atoms. The van der Waals surface area contributed by atoms with Crippen molar-refractivity contribution in [1.82, 2.24) is 10.2 Å². The lowest BCUT2D eigenvalue weighted by atomic mass is 9.63. The molecule has 0 unspecified atom stereocenters. The van der Waals surface area contributed by atoms with Crippen molar-refractivity contribution in [3.63, 3.8) is 0 Å². The highest BCUT2D eigenvalue weighted by Crippen LogP contribution is 2.49. The van der Waals surface area contributed by atoms with Crippen LogP contribution < -0.4 is 10.6 Å². The quantitative estimate of drug-likeness (QED) is 0.639. The first-order valence-corrected chi connectivity index (χ1v) is 9.69. The van der Waals surface area contributed by atoms with Crippen LogP contribution in [-0.2, 0) is 9.59 Å². The van der Waals surface area contributed by atoms with E-state index >= 15 is 0 Å². The highest BCUT2D eigenvalue weighted by molar-refractivity contribution is 6.06. The van der Waals surface area contributed by atoms with Gasteiger partial charge in [0.25, 0.3) is 0 Å². The topological polar surface area (TPSA) is 78.5 Å². The molecule has 4 aliphatic rings. The molecule has 0 aromatic heterocycles. The predicted octanol–water partition coefficient (Wildman–Crippen LogP) is 3.12. The third-order valence-electron chi connectivity index (χ3n) is 6.29. The van der Waals surface area contributed by atoms with Crippen molar-refractivity contribution in [1.29, 1.82) is 0 Å². The van der Waals surface area contributed by atoms with Crippen LogP contribution in [0.4, 0.5) is 10.5 Å². The van der Waals surface area contributed by atoms with E-state index in [9.17, 15) is 14.4 Å². The van der Waals surface area contributed by atoms with Gasteiger partial charge in [-0.05, 0) is 36.1 Å². The maximum Gasteiger partial charge on any atom is 0.320 e. The van der Waals surface area contributed by atoms with Gasteiger partial charge in [-0.3, -0.25) is 14.5 Å². The lowest BCUT2D eigenvalue weighted by Crippen LogP contribution is -2.43. The van der Waals surface area contributed by atoms with Gasteiger partial charge < -0.3 is 10.6 Å². The second-order valence-electron chi connectivity index (χ2n) is 7.76. The first-order chi connectivity index (χ1) is 13.6. The molecule has 3 aliphatic carbocycles. The summed E-state index contributed by atoms with van der Waals surface area (Å²) in [5.41, 5.74) is 0.686. The maximum atomic E-state index is 12.8. The first kappa shape index (κ1) is 17.0. The largest absolute Gasteiger partial charge is 0.320 e. The van der Waals surface area contributed by atoms with Gasteiger partial charge in [0.05, 0.1) is 17.5 Å². The highest BCUT2D eigenvalue weighted by Gasteiger charge is 2.56. The van der Waals surface area contributed by atoms with Crippen LogP contribution in [-0.4, -0.2) is 29.4 Å². The summed E-state index contributed by atoms with van der Waals surface area (Å²) >= 11 is 0. The van der Waals surface area contributed by atoms with Gasteiger partial charge in [-0.2, -0.15) is 0 Å². The number of imide groups is 1. The molecule has 6 nitrogen and oxygen atoms in total.